The number of halogens is 1. The minimum Gasteiger partial charge on any atom is -0.337 e. The monoisotopic (exact) mass is 268 g/mol. The lowest BCUT2D eigenvalue weighted by atomic mass is 10.2. The van der Waals surface area contributed by atoms with E-state index >= 15 is 0 Å². The zero-order valence-electron chi connectivity index (χ0n) is 10.2. The maximum Gasteiger partial charge on any atom is 0.222 e. The van der Waals surface area contributed by atoms with Gasteiger partial charge in [0.15, 0.2) is 0 Å². The largest absolute Gasteiger partial charge is 0.337 e. The lowest BCUT2D eigenvalue weighted by Crippen LogP contribution is -2.30. The summed E-state index contributed by atoms with van der Waals surface area (Å²) in [6, 6.07) is 3.44. The van der Waals surface area contributed by atoms with Crippen molar-refractivity contribution in [3.63, 3.8) is 0 Å². The van der Waals surface area contributed by atoms with Crippen LogP contribution in [0, 0.1) is 0 Å². The summed E-state index contributed by atoms with van der Waals surface area (Å²) < 4.78 is 0. The Morgan fingerprint density at radius 3 is 3.00 bits per heavy atom. The molecule has 0 atom stereocenters. The summed E-state index contributed by atoms with van der Waals surface area (Å²) >= 11 is 6.09. The minimum atomic E-state index is 0.177. The van der Waals surface area contributed by atoms with Crippen LogP contribution in [-0.4, -0.2) is 22.3 Å². The molecule has 18 heavy (non-hydrogen) atoms. The maximum atomic E-state index is 11.9. The Labute approximate surface area is 111 Å². The maximum absolute atomic E-state index is 11.9. The third-order valence-corrected chi connectivity index (χ3v) is 3.42. The molecule has 1 aromatic rings. The van der Waals surface area contributed by atoms with Gasteiger partial charge in [-0.1, -0.05) is 18.0 Å². The highest BCUT2D eigenvalue weighted by Crippen LogP contribution is 2.20. The summed E-state index contributed by atoms with van der Waals surface area (Å²) in [4.78, 5) is 18.0. The zero-order valence-corrected chi connectivity index (χ0v) is 10.9. The molecule has 3 N–H and O–H groups in total. The Balaban J connectivity index is 2.14. The van der Waals surface area contributed by atoms with Crippen LogP contribution in [0.1, 0.15) is 31.4 Å². The van der Waals surface area contributed by atoms with Gasteiger partial charge >= 0.3 is 0 Å². The van der Waals surface area contributed by atoms with Gasteiger partial charge in [-0.3, -0.25) is 4.79 Å². The van der Waals surface area contributed by atoms with Gasteiger partial charge in [0.2, 0.25) is 5.91 Å². The smallest absolute Gasteiger partial charge is 0.222 e. The van der Waals surface area contributed by atoms with Crippen LogP contribution in [0.4, 0.5) is 5.82 Å². The number of likely N-dealkylation sites (tertiary alicyclic amines) is 1. The first-order valence-corrected chi connectivity index (χ1v) is 6.48. The van der Waals surface area contributed by atoms with Crippen molar-refractivity contribution in [2.75, 3.05) is 12.0 Å². The molecule has 0 unspecified atom stereocenters. The standard InChI is InChI=1S/C12H17ClN4O/c13-9-5-6-11(16-14)15-10(9)8-17-7-3-1-2-4-12(17)18/h5-6H,1-4,7-8,14H2,(H,15,16). The van der Waals surface area contributed by atoms with E-state index in [1.807, 2.05) is 4.90 Å². The van der Waals surface area contributed by atoms with Crippen LogP contribution in [0.3, 0.4) is 0 Å². The van der Waals surface area contributed by atoms with E-state index in [1.54, 1.807) is 12.1 Å². The number of carbonyl (C=O) groups is 1. The normalized spacial score (nSPS) is 16.6. The molecular formula is C12H17ClN4O. The van der Waals surface area contributed by atoms with Gasteiger partial charge in [0.25, 0.3) is 0 Å². The van der Waals surface area contributed by atoms with Crippen LogP contribution in [0.2, 0.25) is 5.02 Å². The predicted molar refractivity (Wildman–Crippen MR) is 70.9 cm³/mol. The Kier molecular flexibility index (Phi) is 4.38. The van der Waals surface area contributed by atoms with E-state index in [0.717, 1.165) is 25.8 Å². The Hall–Kier alpha value is -1.33. The number of pyridine rings is 1. The highest BCUT2D eigenvalue weighted by Gasteiger charge is 2.18. The highest BCUT2D eigenvalue weighted by molar-refractivity contribution is 6.31. The number of anilines is 1. The number of aromatic nitrogens is 1. The SMILES string of the molecule is NNc1ccc(Cl)c(CN2CCCCCC2=O)n1. The number of amides is 1. The number of hydrogen-bond acceptors (Lipinski definition) is 4. The van der Waals surface area contributed by atoms with Crippen molar-refractivity contribution in [3.05, 3.63) is 22.8 Å². The lowest BCUT2D eigenvalue weighted by molar-refractivity contribution is -0.131. The van der Waals surface area contributed by atoms with E-state index in [1.165, 1.54) is 0 Å². The van der Waals surface area contributed by atoms with Crippen molar-refractivity contribution < 1.29 is 4.79 Å². The molecule has 2 rings (SSSR count). The average Bonchev–Trinajstić information content (AvgIpc) is 2.58. The van der Waals surface area contributed by atoms with Crippen molar-refractivity contribution in [3.8, 4) is 0 Å². The second kappa shape index (κ2) is 6.02. The van der Waals surface area contributed by atoms with E-state index < -0.39 is 0 Å². The molecule has 5 nitrogen and oxygen atoms in total. The second-order valence-corrected chi connectivity index (χ2v) is 4.80. The Morgan fingerprint density at radius 2 is 2.22 bits per heavy atom. The van der Waals surface area contributed by atoms with Crippen molar-refractivity contribution >= 4 is 23.3 Å². The molecule has 6 heteroatoms. The topological polar surface area (TPSA) is 71.2 Å². The molecule has 98 valence electrons. The number of nitrogens with one attached hydrogen (secondary N) is 1. The molecule has 0 spiro atoms. The van der Waals surface area contributed by atoms with E-state index in [-0.39, 0.29) is 5.91 Å². The van der Waals surface area contributed by atoms with Gasteiger partial charge < -0.3 is 10.3 Å². The number of rotatable bonds is 3. The summed E-state index contributed by atoms with van der Waals surface area (Å²) in [7, 11) is 0. The van der Waals surface area contributed by atoms with Crippen LogP contribution in [0.5, 0.6) is 0 Å². The fourth-order valence-corrected chi connectivity index (χ4v) is 2.23. The van der Waals surface area contributed by atoms with Crippen molar-refractivity contribution in [1.82, 2.24) is 9.88 Å². The number of nitrogens with two attached hydrogens (primary N) is 1. The van der Waals surface area contributed by atoms with E-state index in [9.17, 15) is 4.79 Å². The van der Waals surface area contributed by atoms with Crippen LogP contribution < -0.4 is 11.3 Å². The first-order chi connectivity index (χ1) is 8.70. The average molecular weight is 269 g/mol. The molecule has 1 aliphatic rings. The summed E-state index contributed by atoms with van der Waals surface area (Å²) in [5.41, 5.74) is 3.16. The molecule has 0 aromatic carbocycles. The summed E-state index contributed by atoms with van der Waals surface area (Å²) in [5, 5.41) is 0.561. The van der Waals surface area contributed by atoms with Gasteiger partial charge in [-0.15, -0.1) is 0 Å². The Morgan fingerprint density at radius 1 is 1.39 bits per heavy atom. The van der Waals surface area contributed by atoms with Crippen molar-refractivity contribution in [2.24, 2.45) is 5.84 Å². The second-order valence-electron chi connectivity index (χ2n) is 4.40. The van der Waals surface area contributed by atoms with Crippen LogP contribution in [0.15, 0.2) is 12.1 Å². The molecule has 1 aromatic heterocycles. The van der Waals surface area contributed by atoms with Crippen LogP contribution >= 0.6 is 11.6 Å². The number of carbonyl (C=O) groups excluding carboxylic acids is 1. The van der Waals surface area contributed by atoms with Gasteiger partial charge in [0.05, 0.1) is 17.3 Å². The molecule has 0 saturated carbocycles. The third-order valence-electron chi connectivity index (χ3n) is 3.08. The summed E-state index contributed by atoms with van der Waals surface area (Å²) in [5.74, 6) is 6.05. The molecule has 0 aliphatic carbocycles. The van der Waals surface area contributed by atoms with E-state index in [0.29, 0.717) is 29.5 Å². The zero-order chi connectivity index (χ0) is 13.0. The van der Waals surface area contributed by atoms with E-state index in [2.05, 4.69) is 10.4 Å². The molecule has 0 radical (unpaired) electrons. The number of nitrogens with zero attached hydrogens (tertiary/aromatic N) is 2. The molecule has 1 fully saturated rings. The van der Waals surface area contributed by atoms with Crippen molar-refractivity contribution in [1.29, 1.82) is 0 Å². The van der Waals surface area contributed by atoms with Gasteiger partial charge in [-0.25, -0.2) is 10.8 Å². The third kappa shape index (κ3) is 3.11. The summed E-state index contributed by atoms with van der Waals surface area (Å²) in [6.45, 7) is 1.23. The van der Waals surface area contributed by atoms with E-state index in [4.69, 9.17) is 17.4 Å². The molecule has 2 heterocycles. The summed E-state index contributed by atoms with van der Waals surface area (Å²) in [6.07, 6.45) is 3.74. The number of hydrazine groups is 1. The molecule has 0 bridgehead atoms. The highest BCUT2D eigenvalue weighted by atomic mass is 35.5. The first kappa shape index (κ1) is 13.1. The fraction of sp³-hybridized carbons (Fsp3) is 0.500. The predicted octanol–water partition coefficient (Wildman–Crippen LogP) is 1.92. The fourth-order valence-electron chi connectivity index (χ4n) is 2.06. The van der Waals surface area contributed by atoms with Crippen LogP contribution in [0.25, 0.3) is 0 Å². The molecule has 1 aliphatic heterocycles. The molecule has 1 amide bonds. The molecule has 1 saturated heterocycles. The van der Waals surface area contributed by atoms with Crippen molar-refractivity contribution in [2.45, 2.75) is 32.2 Å². The van der Waals surface area contributed by atoms with Gasteiger partial charge in [-0.2, -0.15) is 0 Å². The Bertz CT molecular complexity index is 438. The van der Waals surface area contributed by atoms with Crippen LogP contribution in [-0.2, 0) is 11.3 Å². The number of nitrogen functional groups attached to an aromatic ring is 1. The molecular weight excluding hydrogens is 252 g/mol. The van der Waals surface area contributed by atoms with Gasteiger partial charge in [0.1, 0.15) is 5.82 Å². The quantitative estimate of drug-likeness (QED) is 0.649. The minimum absolute atomic E-state index is 0.177. The van der Waals surface area contributed by atoms with Gasteiger partial charge in [0, 0.05) is 13.0 Å². The lowest BCUT2D eigenvalue weighted by Gasteiger charge is -2.20. The first-order valence-electron chi connectivity index (χ1n) is 6.10. The number of hydrogen-bond donors (Lipinski definition) is 2. The van der Waals surface area contributed by atoms with Gasteiger partial charge in [-0.05, 0) is 25.0 Å².